The first-order valence-electron chi connectivity index (χ1n) is 9.71. The van der Waals surface area contributed by atoms with Gasteiger partial charge in [-0.15, -0.1) is 0 Å². The van der Waals surface area contributed by atoms with E-state index in [0.29, 0.717) is 24.5 Å². The summed E-state index contributed by atoms with van der Waals surface area (Å²) in [6.07, 6.45) is -0.172. The van der Waals surface area contributed by atoms with Crippen molar-refractivity contribution in [3.05, 3.63) is 15.0 Å². The number of carbonyl (C=O) groups is 1. The summed E-state index contributed by atoms with van der Waals surface area (Å²) >= 11 is 7.14. The molecule has 0 spiro atoms. The van der Waals surface area contributed by atoms with Gasteiger partial charge in [0, 0.05) is 21.2 Å². The third kappa shape index (κ3) is 4.68. The zero-order chi connectivity index (χ0) is 21.5. The molecule has 1 aliphatic rings. The van der Waals surface area contributed by atoms with Crippen LogP contribution in [0.3, 0.4) is 0 Å². The van der Waals surface area contributed by atoms with Crippen molar-refractivity contribution in [3.8, 4) is 0 Å². The standard InChI is InChI=1S/C19H33Br2N3O3Si/c1-13-10-19(18(2,3)4,24(11-13)17(25)26)16-22-14(20)15(21)23(16)12-27-8-9-28(5,6)7/h13H,8-12H2,1-7H3,(H,25,26)/t13-,19+/m0/s1. The van der Waals surface area contributed by atoms with E-state index in [2.05, 4.69) is 79.2 Å². The van der Waals surface area contributed by atoms with Gasteiger partial charge in [-0.05, 0) is 55.7 Å². The molecule has 6 nitrogen and oxygen atoms in total. The van der Waals surface area contributed by atoms with Crippen LogP contribution in [0.4, 0.5) is 4.79 Å². The van der Waals surface area contributed by atoms with Gasteiger partial charge < -0.3 is 9.84 Å². The molecule has 2 rings (SSSR count). The Bertz CT molecular complexity index is 727. The van der Waals surface area contributed by atoms with Crippen LogP contribution in [0.15, 0.2) is 9.21 Å². The molecule has 1 fully saturated rings. The Balaban J connectivity index is 2.48. The maximum atomic E-state index is 12.2. The summed E-state index contributed by atoms with van der Waals surface area (Å²) in [5.41, 5.74) is -1.06. The minimum absolute atomic E-state index is 0.255. The Kier molecular flexibility index (Phi) is 7.16. The quantitative estimate of drug-likeness (QED) is 0.357. The number of nitrogens with zero attached hydrogens (tertiary/aromatic N) is 3. The molecule has 2 heterocycles. The van der Waals surface area contributed by atoms with Crippen molar-refractivity contribution in [2.75, 3.05) is 13.2 Å². The number of imidazole rings is 1. The third-order valence-electron chi connectivity index (χ3n) is 5.52. The van der Waals surface area contributed by atoms with Crippen molar-refractivity contribution >= 4 is 46.0 Å². The van der Waals surface area contributed by atoms with Crippen LogP contribution in [0.5, 0.6) is 0 Å². The molecule has 1 aliphatic heterocycles. The molecule has 0 unspecified atom stereocenters. The normalized spacial score (nSPS) is 23.5. The molecular formula is C19H33Br2N3O3Si. The zero-order valence-electron chi connectivity index (χ0n) is 18.0. The Labute approximate surface area is 186 Å². The summed E-state index contributed by atoms with van der Waals surface area (Å²) in [6, 6.07) is 1.08. The molecule has 0 bridgehead atoms. The summed E-state index contributed by atoms with van der Waals surface area (Å²) in [6.45, 7) is 16.9. The van der Waals surface area contributed by atoms with Gasteiger partial charge in [0.25, 0.3) is 0 Å². The first-order chi connectivity index (χ1) is 12.7. The van der Waals surface area contributed by atoms with E-state index < -0.39 is 19.7 Å². The lowest BCUT2D eigenvalue weighted by molar-refractivity contribution is 0.00863. The van der Waals surface area contributed by atoms with Gasteiger partial charge in [0.05, 0.1) is 0 Å². The van der Waals surface area contributed by atoms with E-state index in [1.165, 1.54) is 0 Å². The highest BCUT2D eigenvalue weighted by Crippen LogP contribution is 2.53. The lowest BCUT2D eigenvalue weighted by atomic mass is 9.70. The van der Waals surface area contributed by atoms with Gasteiger partial charge in [-0.25, -0.2) is 9.78 Å². The molecule has 1 aromatic heterocycles. The van der Waals surface area contributed by atoms with E-state index in [9.17, 15) is 9.90 Å². The van der Waals surface area contributed by atoms with E-state index in [-0.39, 0.29) is 11.3 Å². The summed E-state index contributed by atoms with van der Waals surface area (Å²) < 4.78 is 9.44. The second-order valence-corrected chi connectivity index (χ2v) is 17.2. The predicted molar refractivity (Wildman–Crippen MR) is 121 cm³/mol. The van der Waals surface area contributed by atoms with Gasteiger partial charge in [0.1, 0.15) is 27.3 Å². The minimum atomic E-state index is -1.18. The molecule has 0 saturated carbocycles. The molecule has 1 aromatic rings. The summed E-state index contributed by atoms with van der Waals surface area (Å²) in [5, 5.41) is 10.0. The predicted octanol–water partition coefficient (Wildman–Crippen LogP) is 5.98. The monoisotopic (exact) mass is 537 g/mol. The highest BCUT2D eigenvalue weighted by molar-refractivity contribution is 9.13. The first kappa shape index (κ1) is 23.9. The second-order valence-electron chi connectivity index (χ2n) is 10.1. The molecular weight excluding hydrogens is 506 g/mol. The number of aromatic nitrogens is 2. The van der Waals surface area contributed by atoms with Gasteiger partial charge in [-0.3, -0.25) is 9.47 Å². The number of halogens is 2. The van der Waals surface area contributed by atoms with Crippen LogP contribution in [-0.2, 0) is 17.0 Å². The second kappa shape index (κ2) is 8.39. The van der Waals surface area contributed by atoms with Crippen LogP contribution >= 0.6 is 31.9 Å². The van der Waals surface area contributed by atoms with Gasteiger partial charge in [0.15, 0.2) is 0 Å². The number of carboxylic acid groups (broad SMARTS) is 1. The number of likely N-dealkylation sites (tertiary alicyclic amines) is 1. The van der Waals surface area contributed by atoms with Crippen LogP contribution in [0.1, 0.15) is 39.9 Å². The van der Waals surface area contributed by atoms with Crippen molar-refractivity contribution < 1.29 is 14.6 Å². The molecule has 1 saturated heterocycles. The van der Waals surface area contributed by atoms with Crippen molar-refractivity contribution in [2.45, 2.75) is 72.1 Å². The number of rotatable bonds is 6. The molecule has 0 radical (unpaired) electrons. The van der Waals surface area contributed by atoms with E-state index >= 15 is 0 Å². The fourth-order valence-electron chi connectivity index (χ4n) is 4.02. The number of amides is 1. The Morgan fingerprint density at radius 2 is 1.96 bits per heavy atom. The van der Waals surface area contributed by atoms with Gasteiger partial charge >= 0.3 is 6.09 Å². The molecule has 0 aliphatic carbocycles. The summed E-state index contributed by atoms with van der Waals surface area (Å²) in [4.78, 5) is 18.6. The van der Waals surface area contributed by atoms with Gasteiger partial charge in [0.2, 0.25) is 0 Å². The van der Waals surface area contributed by atoms with Crippen LogP contribution in [0.2, 0.25) is 25.7 Å². The highest BCUT2D eigenvalue weighted by Gasteiger charge is 2.58. The lowest BCUT2D eigenvalue weighted by Gasteiger charge is -2.46. The zero-order valence-corrected chi connectivity index (χ0v) is 22.1. The molecule has 0 aromatic carbocycles. The number of hydrogen-bond acceptors (Lipinski definition) is 3. The molecule has 1 amide bonds. The molecule has 2 atom stereocenters. The van der Waals surface area contributed by atoms with Crippen LogP contribution in [0.25, 0.3) is 0 Å². The fraction of sp³-hybridized carbons (Fsp3) is 0.789. The molecule has 28 heavy (non-hydrogen) atoms. The smallest absolute Gasteiger partial charge is 0.408 e. The van der Waals surface area contributed by atoms with Crippen LogP contribution in [-0.4, -0.2) is 46.9 Å². The molecule has 9 heteroatoms. The Morgan fingerprint density at radius 3 is 2.46 bits per heavy atom. The largest absolute Gasteiger partial charge is 0.465 e. The number of hydrogen-bond donors (Lipinski definition) is 1. The van der Waals surface area contributed by atoms with Crippen molar-refractivity contribution in [3.63, 3.8) is 0 Å². The van der Waals surface area contributed by atoms with Crippen molar-refractivity contribution in [2.24, 2.45) is 11.3 Å². The highest BCUT2D eigenvalue weighted by atomic mass is 79.9. The van der Waals surface area contributed by atoms with E-state index in [4.69, 9.17) is 9.72 Å². The minimum Gasteiger partial charge on any atom is -0.465 e. The average Bonchev–Trinajstić information content (AvgIpc) is 3.02. The molecule has 1 N–H and O–H groups in total. The van der Waals surface area contributed by atoms with Crippen molar-refractivity contribution in [1.29, 1.82) is 0 Å². The van der Waals surface area contributed by atoms with Crippen LogP contribution in [0, 0.1) is 11.3 Å². The number of ether oxygens (including phenoxy) is 1. The maximum Gasteiger partial charge on any atom is 0.408 e. The SMILES string of the molecule is C[C@@H]1CN(C(=O)O)[C@](c2nc(Br)c(Br)n2COCC[Si](C)(C)C)(C(C)(C)C)C1. The first-order valence-corrected chi connectivity index (χ1v) is 15.0. The summed E-state index contributed by atoms with van der Waals surface area (Å²) in [7, 11) is -1.18. The summed E-state index contributed by atoms with van der Waals surface area (Å²) in [5.74, 6) is 0.990. The fourth-order valence-corrected chi connectivity index (χ4v) is 5.52. The Hall–Kier alpha value is -0.383. The van der Waals surface area contributed by atoms with Gasteiger partial charge in [-0.2, -0.15) is 0 Å². The Morgan fingerprint density at radius 1 is 1.36 bits per heavy atom. The lowest BCUT2D eigenvalue weighted by Crippen LogP contribution is -2.54. The maximum absolute atomic E-state index is 12.2. The van der Waals surface area contributed by atoms with E-state index in [1.807, 2.05) is 4.57 Å². The van der Waals surface area contributed by atoms with E-state index in [1.54, 1.807) is 4.90 Å². The average molecular weight is 539 g/mol. The third-order valence-corrected chi connectivity index (χ3v) is 9.12. The van der Waals surface area contributed by atoms with Crippen molar-refractivity contribution in [1.82, 2.24) is 14.5 Å². The van der Waals surface area contributed by atoms with Gasteiger partial charge in [-0.1, -0.05) is 47.3 Å². The molecule has 160 valence electrons. The topological polar surface area (TPSA) is 67.6 Å². The van der Waals surface area contributed by atoms with Crippen LogP contribution < -0.4 is 0 Å². The van der Waals surface area contributed by atoms with E-state index in [0.717, 1.165) is 22.9 Å².